The van der Waals surface area contributed by atoms with Gasteiger partial charge >= 0.3 is 5.97 Å². The predicted molar refractivity (Wildman–Crippen MR) is 95.1 cm³/mol. The minimum atomic E-state index is -0.907. The van der Waals surface area contributed by atoms with Crippen molar-refractivity contribution in [1.29, 1.82) is 0 Å². The number of esters is 1. The fourth-order valence-corrected chi connectivity index (χ4v) is 2.20. The Morgan fingerprint density at radius 1 is 1.08 bits per heavy atom. The van der Waals surface area contributed by atoms with Gasteiger partial charge in [0.05, 0.1) is 11.3 Å². The molecule has 1 amide bonds. The number of hydrogen-bond donors (Lipinski definition) is 2. The molecule has 0 bridgehead atoms. The molecular formula is C19H20F2N2O3. The second-order valence-electron chi connectivity index (χ2n) is 5.57. The molecule has 0 heterocycles. The Morgan fingerprint density at radius 2 is 1.85 bits per heavy atom. The van der Waals surface area contributed by atoms with Crippen molar-refractivity contribution in [2.24, 2.45) is 0 Å². The highest BCUT2D eigenvalue weighted by Gasteiger charge is 2.15. The molecule has 2 aromatic carbocycles. The van der Waals surface area contributed by atoms with Gasteiger partial charge in [0.15, 0.2) is 6.61 Å². The van der Waals surface area contributed by atoms with Gasteiger partial charge in [0, 0.05) is 18.3 Å². The van der Waals surface area contributed by atoms with Crippen LogP contribution in [0.15, 0.2) is 42.5 Å². The summed E-state index contributed by atoms with van der Waals surface area (Å²) < 4.78 is 31.3. The van der Waals surface area contributed by atoms with Gasteiger partial charge in [-0.05, 0) is 30.7 Å². The van der Waals surface area contributed by atoms with Crippen molar-refractivity contribution in [3.05, 3.63) is 59.7 Å². The second-order valence-corrected chi connectivity index (χ2v) is 5.57. The van der Waals surface area contributed by atoms with E-state index in [0.717, 1.165) is 25.0 Å². The number of anilines is 2. The van der Waals surface area contributed by atoms with E-state index in [9.17, 15) is 18.4 Å². The van der Waals surface area contributed by atoms with Crippen molar-refractivity contribution in [3.8, 4) is 0 Å². The van der Waals surface area contributed by atoms with Crippen LogP contribution in [0.25, 0.3) is 0 Å². The Labute approximate surface area is 150 Å². The largest absolute Gasteiger partial charge is 0.452 e. The van der Waals surface area contributed by atoms with E-state index in [1.54, 1.807) is 24.3 Å². The minimum absolute atomic E-state index is 0.186. The average molecular weight is 362 g/mol. The molecule has 0 aromatic heterocycles. The van der Waals surface area contributed by atoms with Crippen LogP contribution in [0.2, 0.25) is 0 Å². The van der Waals surface area contributed by atoms with Crippen LogP contribution in [0.4, 0.5) is 20.2 Å². The Kier molecular flexibility index (Phi) is 7.08. The van der Waals surface area contributed by atoms with Gasteiger partial charge in [-0.15, -0.1) is 0 Å². The van der Waals surface area contributed by atoms with E-state index in [1.165, 1.54) is 0 Å². The maximum absolute atomic E-state index is 13.5. The van der Waals surface area contributed by atoms with E-state index in [4.69, 9.17) is 4.74 Å². The molecule has 0 fully saturated rings. The van der Waals surface area contributed by atoms with E-state index in [-0.39, 0.29) is 5.69 Å². The summed E-state index contributed by atoms with van der Waals surface area (Å²) in [4.78, 5) is 24.0. The summed E-state index contributed by atoms with van der Waals surface area (Å²) in [6, 6.07) is 9.58. The topological polar surface area (TPSA) is 67.4 Å². The highest BCUT2D eigenvalue weighted by molar-refractivity contribution is 5.98. The molecular weight excluding hydrogens is 342 g/mol. The van der Waals surface area contributed by atoms with Crippen LogP contribution in [0.5, 0.6) is 0 Å². The number of amides is 1. The van der Waals surface area contributed by atoms with E-state index in [0.29, 0.717) is 23.9 Å². The van der Waals surface area contributed by atoms with Crippen molar-refractivity contribution in [3.63, 3.8) is 0 Å². The van der Waals surface area contributed by atoms with Gasteiger partial charge < -0.3 is 15.4 Å². The van der Waals surface area contributed by atoms with Gasteiger partial charge in [-0.25, -0.2) is 13.6 Å². The molecule has 0 saturated heterocycles. The monoisotopic (exact) mass is 362 g/mol. The smallest absolute Gasteiger partial charge is 0.340 e. The summed E-state index contributed by atoms with van der Waals surface area (Å²) in [7, 11) is 0. The zero-order valence-electron chi connectivity index (χ0n) is 14.4. The van der Waals surface area contributed by atoms with Crippen molar-refractivity contribution in [1.82, 2.24) is 0 Å². The fourth-order valence-electron chi connectivity index (χ4n) is 2.20. The molecule has 0 unspecified atom stereocenters. The first-order valence-electron chi connectivity index (χ1n) is 8.26. The van der Waals surface area contributed by atoms with Crippen molar-refractivity contribution in [2.75, 3.05) is 23.8 Å². The van der Waals surface area contributed by atoms with Crippen LogP contribution in [0, 0.1) is 11.6 Å². The lowest BCUT2D eigenvalue weighted by molar-refractivity contribution is -0.119. The van der Waals surface area contributed by atoms with Gasteiger partial charge in [0.25, 0.3) is 5.91 Å². The number of nitrogens with one attached hydrogen (secondary N) is 2. The number of benzene rings is 2. The molecule has 2 rings (SSSR count). The third-order valence-electron chi connectivity index (χ3n) is 3.53. The molecule has 0 radical (unpaired) electrons. The van der Waals surface area contributed by atoms with E-state index < -0.39 is 30.1 Å². The van der Waals surface area contributed by atoms with Crippen LogP contribution in [-0.2, 0) is 9.53 Å². The Hall–Kier alpha value is -2.96. The molecule has 0 spiro atoms. The van der Waals surface area contributed by atoms with Gasteiger partial charge in [0.2, 0.25) is 0 Å². The van der Waals surface area contributed by atoms with Crippen LogP contribution < -0.4 is 10.6 Å². The maximum Gasteiger partial charge on any atom is 0.340 e. The molecule has 7 heteroatoms. The van der Waals surface area contributed by atoms with Crippen LogP contribution in [-0.4, -0.2) is 25.0 Å². The summed E-state index contributed by atoms with van der Waals surface area (Å²) in [5, 5.41) is 5.38. The number of carbonyl (C=O) groups is 2. The van der Waals surface area contributed by atoms with Crippen molar-refractivity contribution in [2.45, 2.75) is 19.8 Å². The lowest BCUT2D eigenvalue weighted by atomic mass is 10.1. The van der Waals surface area contributed by atoms with Gasteiger partial charge in [-0.3, -0.25) is 4.79 Å². The molecule has 2 aromatic rings. The normalized spacial score (nSPS) is 10.3. The third-order valence-corrected chi connectivity index (χ3v) is 3.53. The third kappa shape index (κ3) is 5.54. The molecule has 0 aliphatic carbocycles. The molecule has 5 nitrogen and oxygen atoms in total. The first-order valence-corrected chi connectivity index (χ1v) is 8.26. The van der Waals surface area contributed by atoms with Gasteiger partial charge in [-0.1, -0.05) is 25.5 Å². The minimum Gasteiger partial charge on any atom is -0.452 e. The quantitative estimate of drug-likeness (QED) is 0.551. The summed E-state index contributed by atoms with van der Waals surface area (Å²) in [5.41, 5.74) is 0.745. The van der Waals surface area contributed by atoms with Gasteiger partial charge in [0.1, 0.15) is 11.6 Å². The zero-order chi connectivity index (χ0) is 18.9. The molecule has 0 saturated carbocycles. The van der Waals surface area contributed by atoms with E-state index >= 15 is 0 Å². The Balaban J connectivity index is 1.92. The zero-order valence-corrected chi connectivity index (χ0v) is 14.4. The maximum atomic E-state index is 13.5. The number of hydrogen-bond acceptors (Lipinski definition) is 4. The SMILES string of the molecule is CCCCNc1ccccc1C(=O)OCC(=O)Nc1ccc(F)cc1F. The fraction of sp³-hybridized carbons (Fsp3) is 0.263. The summed E-state index contributed by atoms with van der Waals surface area (Å²) in [6.07, 6.45) is 1.97. The number of unbranched alkanes of at least 4 members (excludes halogenated alkanes) is 1. The number of para-hydroxylation sites is 1. The standard InChI is InChI=1S/C19H20F2N2O3/c1-2-3-10-22-16-7-5-4-6-14(16)19(25)26-12-18(24)23-17-9-8-13(20)11-15(17)21/h4-9,11,22H,2-3,10,12H2,1H3,(H,23,24). The molecule has 0 atom stereocenters. The number of ether oxygens (including phenoxy) is 1. The molecule has 0 aliphatic rings. The number of rotatable bonds is 8. The number of carbonyl (C=O) groups excluding carboxylic acids is 2. The van der Waals surface area contributed by atoms with Gasteiger partial charge in [-0.2, -0.15) is 0 Å². The number of halogens is 2. The summed E-state index contributed by atoms with van der Waals surface area (Å²) in [6.45, 7) is 2.19. The summed E-state index contributed by atoms with van der Waals surface area (Å²) in [5.74, 6) is -3.05. The van der Waals surface area contributed by atoms with Crippen molar-refractivity contribution >= 4 is 23.3 Å². The van der Waals surface area contributed by atoms with E-state index in [1.807, 2.05) is 0 Å². The predicted octanol–water partition coefficient (Wildman–Crippen LogP) is 3.97. The second kappa shape index (κ2) is 9.50. The van der Waals surface area contributed by atoms with Crippen LogP contribution in [0.3, 0.4) is 0 Å². The lowest BCUT2D eigenvalue weighted by Gasteiger charge is -2.11. The first-order chi connectivity index (χ1) is 12.5. The highest BCUT2D eigenvalue weighted by atomic mass is 19.1. The van der Waals surface area contributed by atoms with Crippen molar-refractivity contribution < 1.29 is 23.1 Å². The highest BCUT2D eigenvalue weighted by Crippen LogP contribution is 2.17. The first kappa shape index (κ1) is 19.4. The Morgan fingerprint density at radius 3 is 2.58 bits per heavy atom. The van der Waals surface area contributed by atoms with Crippen LogP contribution in [0.1, 0.15) is 30.1 Å². The Bertz CT molecular complexity index is 781. The molecule has 0 aliphatic heterocycles. The molecule has 2 N–H and O–H groups in total. The molecule has 26 heavy (non-hydrogen) atoms. The summed E-state index contributed by atoms with van der Waals surface area (Å²) >= 11 is 0. The lowest BCUT2D eigenvalue weighted by Crippen LogP contribution is -2.22. The average Bonchev–Trinajstić information content (AvgIpc) is 2.63. The van der Waals surface area contributed by atoms with E-state index in [2.05, 4.69) is 17.6 Å². The van der Waals surface area contributed by atoms with Crippen LogP contribution >= 0.6 is 0 Å². The molecule has 138 valence electrons.